The van der Waals surface area contributed by atoms with E-state index < -0.39 is 15.9 Å². The van der Waals surface area contributed by atoms with Crippen LogP contribution in [0.5, 0.6) is 0 Å². The summed E-state index contributed by atoms with van der Waals surface area (Å²) < 4.78 is 26.4. The molecule has 0 saturated carbocycles. The number of carbonyl (C=O) groups excluding carboxylic acids is 1. The zero-order valence-corrected chi connectivity index (χ0v) is 13.9. The smallest absolute Gasteiger partial charge is 0.242 e. The topological polar surface area (TPSA) is 101 Å². The molecule has 0 unspecified atom stereocenters. The van der Waals surface area contributed by atoms with Crippen molar-refractivity contribution in [2.75, 3.05) is 6.54 Å². The van der Waals surface area contributed by atoms with Gasteiger partial charge in [-0.25, -0.2) is 13.1 Å². The molecule has 0 fully saturated rings. The molecule has 0 aliphatic heterocycles. The predicted molar refractivity (Wildman–Crippen MR) is 85.8 cm³/mol. The van der Waals surface area contributed by atoms with Gasteiger partial charge >= 0.3 is 0 Å². The summed E-state index contributed by atoms with van der Waals surface area (Å²) in [7, 11) is -3.89. The number of halogens is 1. The number of hydrogen-bond acceptors (Lipinski definition) is 4. The summed E-state index contributed by atoms with van der Waals surface area (Å²) in [5.41, 5.74) is 5.91. The van der Waals surface area contributed by atoms with Gasteiger partial charge in [0.2, 0.25) is 15.9 Å². The molecule has 116 valence electrons. The van der Waals surface area contributed by atoms with Crippen LogP contribution < -0.4 is 15.8 Å². The summed E-state index contributed by atoms with van der Waals surface area (Å²) >= 11 is 10.7. The fraction of sp³-hybridized carbons (Fsp3) is 0.333. The number of hydrogen-bond donors (Lipinski definition) is 3. The van der Waals surface area contributed by atoms with E-state index in [4.69, 9.17) is 29.6 Å². The van der Waals surface area contributed by atoms with Crippen LogP contribution in [0.2, 0.25) is 5.02 Å². The molecule has 21 heavy (non-hydrogen) atoms. The lowest BCUT2D eigenvalue weighted by atomic mass is 10.2. The van der Waals surface area contributed by atoms with Crippen LogP contribution in [0, 0.1) is 0 Å². The van der Waals surface area contributed by atoms with Crippen molar-refractivity contribution in [3.05, 3.63) is 28.8 Å². The first-order valence-electron chi connectivity index (χ1n) is 6.02. The summed E-state index contributed by atoms with van der Waals surface area (Å²) in [4.78, 5) is 11.4. The van der Waals surface area contributed by atoms with Crippen molar-refractivity contribution >= 4 is 44.7 Å². The van der Waals surface area contributed by atoms with Gasteiger partial charge in [-0.3, -0.25) is 4.79 Å². The van der Waals surface area contributed by atoms with Gasteiger partial charge in [0.05, 0.1) is 11.6 Å². The highest BCUT2D eigenvalue weighted by Crippen LogP contribution is 2.22. The van der Waals surface area contributed by atoms with Gasteiger partial charge in [-0.05, 0) is 26.0 Å². The van der Waals surface area contributed by atoms with Gasteiger partial charge in [0.25, 0.3) is 0 Å². The first kappa shape index (κ1) is 17.8. The number of benzene rings is 1. The van der Waals surface area contributed by atoms with Crippen molar-refractivity contribution in [1.29, 1.82) is 0 Å². The summed E-state index contributed by atoms with van der Waals surface area (Å²) in [6, 6.07) is 4.04. The Morgan fingerprint density at radius 3 is 2.52 bits per heavy atom. The van der Waals surface area contributed by atoms with Crippen molar-refractivity contribution in [1.82, 2.24) is 10.0 Å². The van der Waals surface area contributed by atoms with Crippen molar-refractivity contribution in [2.45, 2.75) is 24.8 Å². The maximum atomic E-state index is 12.1. The monoisotopic (exact) mass is 349 g/mol. The minimum Gasteiger partial charge on any atom is -0.389 e. The number of carbonyl (C=O) groups is 1. The van der Waals surface area contributed by atoms with Crippen LogP contribution >= 0.6 is 23.8 Å². The standard InChI is InChI=1S/C12H16ClN3O3S2/c1-7(2)16-11(17)6-15-21(18,19)10-4-3-8(12(14)20)5-9(10)13/h3-5,7,15H,6H2,1-2H3,(H2,14,20)(H,16,17). The Kier molecular flexibility index (Phi) is 6.09. The third kappa shape index (κ3) is 5.24. The van der Waals surface area contributed by atoms with E-state index in [0.717, 1.165) is 0 Å². The average molecular weight is 350 g/mol. The second kappa shape index (κ2) is 7.17. The van der Waals surface area contributed by atoms with Crippen molar-refractivity contribution in [3.63, 3.8) is 0 Å². The maximum Gasteiger partial charge on any atom is 0.242 e. The highest BCUT2D eigenvalue weighted by atomic mass is 35.5. The predicted octanol–water partition coefficient (Wildman–Crippen LogP) is 0.777. The Bertz CT molecular complexity index is 660. The van der Waals surface area contributed by atoms with E-state index in [1.165, 1.54) is 18.2 Å². The van der Waals surface area contributed by atoms with E-state index in [-0.39, 0.29) is 27.5 Å². The van der Waals surface area contributed by atoms with Crippen LogP contribution in [0.3, 0.4) is 0 Å². The molecule has 0 aliphatic rings. The van der Waals surface area contributed by atoms with Crippen LogP contribution in [0.4, 0.5) is 0 Å². The first-order chi connectivity index (χ1) is 9.63. The molecule has 0 bridgehead atoms. The van der Waals surface area contributed by atoms with Crippen molar-refractivity contribution in [2.24, 2.45) is 5.73 Å². The summed E-state index contributed by atoms with van der Waals surface area (Å²) in [5, 5.41) is 2.56. The number of amides is 1. The molecule has 0 radical (unpaired) electrons. The maximum absolute atomic E-state index is 12.1. The van der Waals surface area contributed by atoms with Gasteiger partial charge in [0, 0.05) is 11.6 Å². The molecule has 0 spiro atoms. The van der Waals surface area contributed by atoms with Gasteiger partial charge in [0.1, 0.15) is 9.88 Å². The molecule has 1 amide bonds. The summed E-state index contributed by atoms with van der Waals surface area (Å²) in [5.74, 6) is -0.426. The van der Waals surface area contributed by atoms with Gasteiger partial charge in [-0.1, -0.05) is 29.9 Å². The first-order valence-corrected chi connectivity index (χ1v) is 8.29. The molecular weight excluding hydrogens is 334 g/mol. The highest BCUT2D eigenvalue weighted by molar-refractivity contribution is 7.89. The number of nitrogens with two attached hydrogens (primary N) is 1. The Hall–Kier alpha value is -1.22. The van der Waals surface area contributed by atoms with Gasteiger partial charge in [-0.15, -0.1) is 0 Å². The van der Waals surface area contributed by atoms with Crippen molar-refractivity contribution < 1.29 is 13.2 Å². The van der Waals surface area contributed by atoms with Crippen LogP contribution in [-0.4, -0.2) is 31.9 Å². The van der Waals surface area contributed by atoms with E-state index in [0.29, 0.717) is 5.56 Å². The molecular formula is C12H16ClN3O3S2. The Labute approximate surface area is 134 Å². The van der Waals surface area contributed by atoms with Crippen LogP contribution in [-0.2, 0) is 14.8 Å². The summed E-state index contributed by atoms with van der Waals surface area (Å²) in [6.07, 6.45) is 0. The Morgan fingerprint density at radius 1 is 1.43 bits per heavy atom. The zero-order valence-electron chi connectivity index (χ0n) is 11.5. The van der Waals surface area contributed by atoms with Gasteiger partial charge in [-0.2, -0.15) is 0 Å². The molecule has 0 heterocycles. The van der Waals surface area contributed by atoms with Crippen LogP contribution in [0.1, 0.15) is 19.4 Å². The van der Waals surface area contributed by atoms with Gasteiger partial charge in [0.15, 0.2) is 0 Å². The van der Waals surface area contributed by atoms with E-state index >= 15 is 0 Å². The lowest BCUT2D eigenvalue weighted by Crippen LogP contribution is -2.39. The highest BCUT2D eigenvalue weighted by Gasteiger charge is 2.19. The zero-order chi connectivity index (χ0) is 16.2. The van der Waals surface area contributed by atoms with Crippen LogP contribution in [0.25, 0.3) is 0 Å². The minimum absolute atomic E-state index is 0.0166. The largest absolute Gasteiger partial charge is 0.389 e. The van der Waals surface area contributed by atoms with Crippen LogP contribution in [0.15, 0.2) is 23.1 Å². The fourth-order valence-electron chi connectivity index (χ4n) is 1.48. The number of thiocarbonyl (C=S) groups is 1. The normalized spacial score (nSPS) is 11.4. The van der Waals surface area contributed by atoms with E-state index in [2.05, 4.69) is 10.0 Å². The fourth-order valence-corrected chi connectivity index (χ4v) is 3.14. The number of rotatable bonds is 6. The molecule has 9 heteroatoms. The molecule has 6 nitrogen and oxygen atoms in total. The average Bonchev–Trinajstić information content (AvgIpc) is 2.35. The third-order valence-electron chi connectivity index (χ3n) is 2.38. The Balaban J connectivity index is 2.88. The molecule has 1 aromatic rings. The van der Waals surface area contributed by atoms with Gasteiger partial charge < -0.3 is 11.1 Å². The van der Waals surface area contributed by atoms with Crippen molar-refractivity contribution in [3.8, 4) is 0 Å². The second-order valence-electron chi connectivity index (χ2n) is 4.56. The molecule has 0 aromatic heterocycles. The lowest BCUT2D eigenvalue weighted by Gasteiger charge is -2.11. The molecule has 0 saturated heterocycles. The summed E-state index contributed by atoms with van der Waals surface area (Å²) in [6.45, 7) is 3.18. The van der Waals surface area contributed by atoms with E-state index in [1.54, 1.807) is 13.8 Å². The molecule has 0 aliphatic carbocycles. The Morgan fingerprint density at radius 2 is 2.05 bits per heavy atom. The second-order valence-corrected chi connectivity index (χ2v) is 7.14. The minimum atomic E-state index is -3.89. The quantitative estimate of drug-likeness (QED) is 0.659. The third-order valence-corrected chi connectivity index (χ3v) is 4.50. The van der Waals surface area contributed by atoms with E-state index in [1.807, 2.05) is 0 Å². The SMILES string of the molecule is CC(C)NC(=O)CNS(=O)(=O)c1ccc(C(N)=S)cc1Cl. The van der Waals surface area contributed by atoms with E-state index in [9.17, 15) is 13.2 Å². The lowest BCUT2D eigenvalue weighted by molar-refractivity contribution is -0.120. The number of nitrogens with one attached hydrogen (secondary N) is 2. The molecule has 0 atom stereocenters. The molecule has 1 aromatic carbocycles. The molecule has 1 rings (SSSR count). The molecule has 4 N–H and O–H groups in total. The number of sulfonamides is 1.